The summed E-state index contributed by atoms with van der Waals surface area (Å²) in [6, 6.07) is 12.0. The molecule has 9 heteroatoms. The fourth-order valence-corrected chi connectivity index (χ4v) is 2.94. The lowest BCUT2D eigenvalue weighted by atomic mass is 10.1. The van der Waals surface area contributed by atoms with E-state index in [1.165, 1.54) is 7.11 Å². The Morgan fingerprint density at radius 1 is 1.17 bits per heavy atom. The number of carbonyl (C=O) groups excluding carboxylic acids is 2. The number of fused-ring (bicyclic) bond motifs is 1. The zero-order valence-electron chi connectivity index (χ0n) is 16.4. The third kappa shape index (κ3) is 4.64. The van der Waals surface area contributed by atoms with Gasteiger partial charge in [-0.15, -0.1) is 0 Å². The second kappa shape index (κ2) is 9.07. The molecule has 9 nitrogen and oxygen atoms in total. The van der Waals surface area contributed by atoms with Crippen LogP contribution in [0.4, 0.5) is 16.3 Å². The molecule has 29 heavy (non-hydrogen) atoms. The molecule has 0 atom stereocenters. The van der Waals surface area contributed by atoms with Crippen molar-refractivity contribution in [3.05, 3.63) is 48.0 Å². The normalized spacial score (nSPS) is 10.6. The molecule has 3 amide bonds. The van der Waals surface area contributed by atoms with Gasteiger partial charge >= 0.3 is 6.03 Å². The Labute approximate surface area is 168 Å². The number of hydrogen-bond acceptors (Lipinski definition) is 5. The summed E-state index contributed by atoms with van der Waals surface area (Å²) in [5, 5.41) is 13.4. The van der Waals surface area contributed by atoms with Crippen LogP contribution in [0, 0.1) is 0 Å². The van der Waals surface area contributed by atoms with Gasteiger partial charge in [-0.2, -0.15) is 5.10 Å². The first-order valence-corrected chi connectivity index (χ1v) is 9.19. The van der Waals surface area contributed by atoms with Gasteiger partial charge in [-0.05, 0) is 43.3 Å². The van der Waals surface area contributed by atoms with Crippen LogP contribution in [0.3, 0.4) is 0 Å². The molecule has 0 spiro atoms. The number of methoxy groups -OCH3 is 1. The van der Waals surface area contributed by atoms with Gasteiger partial charge in [0, 0.05) is 24.7 Å². The van der Waals surface area contributed by atoms with E-state index in [0.29, 0.717) is 42.3 Å². The van der Waals surface area contributed by atoms with Crippen molar-refractivity contribution in [1.29, 1.82) is 0 Å². The highest BCUT2D eigenvalue weighted by molar-refractivity contribution is 6.05. The Hall–Kier alpha value is -3.59. The van der Waals surface area contributed by atoms with Gasteiger partial charge < -0.3 is 21.1 Å². The topological polar surface area (TPSA) is 123 Å². The first-order valence-electron chi connectivity index (χ1n) is 9.19. The number of urea groups is 1. The Morgan fingerprint density at radius 2 is 1.97 bits per heavy atom. The van der Waals surface area contributed by atoms with Crippen molar-refractivity contribution in [2.45, 2.75) is 6.42 Å². The van der Waals surface area contributed by atoms with Gasteiger partial charge in [0.1, 0.15) is 5.75 Å². The second-order valence-electron chi connectivity index (χ2n) is 6.38. The minimum Gasteiger partial charge on any atom is -0.496 e. The summed E-state index contributed by atoms with van der Waals surface area (Å²) in [4.78, 5) is 24.9. The van der Waals surface area contributed by atoms with Gasteiger partial charge in [0.05, 0.1) is 18.2 Å². The molecule has 152 valence electrons. The molecular formula is C20H24N6O3. The van der Waals surface area contributed by atoms with Gasteiger partial charge in [0.25, 0.3) is 5.91 Å². The molecule has 2 aromatic carbocycles. The second-order valence-corrected chi connectivity index (χ2v) is 6.38. The first kappa shape index (κ1) is 20.2. The standard InChI is InChI=1S/C20H24N6O3/c1-26-16-7-4-3-6-14(16)18(25-26)24-20(28)23-13-8-9-17(29-2)15(12-13)19(27)22-11-5-10-21/h3-4,6-9,12H,5,10-11,21H2,1-2H3,(H,22,27)(H2,23,24,25,28). The lowest BCUT2D eigenvalue weighted by molar-refractivity contribution is 0.0950. The van der Waals surface area contributed by atoms with E-state index in [-0.39, 0.29) is 5.91 Å². The van der Waals surface area contributed by atoms with Crippen molar-refractivity contribution in [1.82, 2.24) is 15.1 Å². The minimum atomic E-state index is -0.464. The molecule has 0 aliphatic heterocycles. The summed E-state index contributed by atoms with van der Waals surface area (Å²) in [5.74, 6) is 0.570. The van der Waals surface area contributed by atoms with Crippen molar-refractivity contribution in [2.75, 3.05) is 30.8 Å². The van der Waals surface area contributed by atoms with Crippen LogP contribution >= 0.6 is 0 Å². The number of nitrogens with one attached hydrogen (secondary N) is 3. The van der Waals surface area contributed by atoms with Crippen LogP contribution in [0.5, 0.6) is 5.75 Å². The van der Waals surface area contributed by atoms with Crippen molar-refractivity contribution in [3.63, 3.8) is 0 Å². The highest BCUT2D eigenvalue weighted by Crippen LogP contribution is 2.24. The van der Waals surface area contributed by atoms with Crippen LogP contribution in [-0.4, -0.2) is 41.9 Å². The number of para-hydroxylation sites is 1. The maximum absolute atomic E-state index is 12.5. The zero-order chi connectivity index (χ0) is 20.8. The molecule has 0 fully saturated rings. The molecule has 0 saturated carbocycles. The van der Waals surface area contributed by atoms with Crippen LogP contribution in [-0.2, 0) is 7.05 Å². The minimum absolute atomic E-state index is 0.296. The van der Waals surface area contributed by atoms with Crippen LogP contribution < -0.4 is 26.4 Å². The Morgan fingerprint density at radius 3 is 2.72 bits per heavy atom. The number of ether oxygens (including phenoxy) is 1. The SMILES string of the molecule is COc1ccc(NC(=O)Nc2nn(C)c3ccccc23)cc1C(=O)NCCCN. The monoisotopic (exact) mass is 396 g/mol. The van der Waals surface area contributed by atoms with E-state index in [0.717, 1.165) is 10.9 Å². The van der Waals surface area contributed by atoms with E-state index in [1.807, 2.05) is 31.3 Å². The summed E-state index contributed by atoms with van der Waals surface area (Å²) in [6.45, 7) is 0.949. The maximum atomic E-state index is 12.5. The summed E-state index contributed by atoms with van der Waals surface area (Å²) < 4.78 is 6.95. The van der Waals surface area contributed by atoms with Gasteiger partial charge in [0.2, 0.25) is 0 Å². The third-order valence-corrected chi connectivity index (χ3v) is 4.36. The first-order chi connectivity index (χ1) is 14.0. The molecule has 1 aromatic heterocycles. The number of nitrogens with two attached hydrogens (primary N) is 1. The van der Waals surface area contributed by atoms with E-state index in [9.17, 15) is 9.59 Å². The van der Waals surface area contributed by atoms with Crippen LogP contribution in [0.15, 0.2) is 42.5 Å². The molecule has 0 bridgehead atoms. The molecule has 0 saturated heterocycles. The van der Waals surface area contributed by atoms with Crippen molar-refractivity contribution in [3.8, 4) is 5.75 Å². The largest absolute Gasteiger partial charge is 0.496 e. The highest BCUT2D eigenvalue weighted by atomic mass is 16.5. The Balaban J connectivity index is 1.74. The predicted octanol–water partition coefficient (Wildman–Crippen LogP) is 2.30. The van der Waals surface area contributed by atoms with Crippen LogP contribution in [0.25, 0.3) is 10.9 Å². The fraction of sp³-hybridized carbons (Fsp3) is 0.250. The van der Waals surface area contributed by atoms with Crippen molar-refractivity contribution >= 4 is 34.3 Å². The number of anilines is 2. The average Bonchev–Trinajstić information content (AvgIpc) is 3.03. The summed E-state index contributed by atoms with van der Waals surface area (Å²) in [7, 11) is 3.29. The molecule has 3 aromatic rings. The zero-order valence-corrected chi connectivity index (χ0v) is 16.4. The third-order valence-electron chi connectivity index (χ3n) is 4.36. The van der Waals surface area contributed by atoms with Gasteiger partial charge in [0.15, 0.2) is 5.82 Å². The lowest BCUT2D eigenvalue weighted by Gasteiger charge is -2.12. The Bertz CT molecular complexity index is 1030. The van der Waals surface area contributed by atoms with E-state index >= 15 is 0 Å². The number of rotatable bonds is 7. The number of aryl methyl sites for hydroxylation is 1. The number of amides is 3. The number of benzene rings is 2. The van der Waals surface area contributed by atoms with Gasteiger partial charge in [-0.3, -0.25) is 14.8 Å². The average molecular weight is 396 g/mol. The summed E-state index contributed by atoms with van der Waals surface area (Å²) in [6.07, 6.45) is 0.673. The number of hydrogen-bond donors (Lipinski definition) is 4. The van der Waals surface area contributed by atoms with Crippen molar-refractivity contribution in [2.24, 2.45) is 12.8 Å². The summed E-state index contributed by atoms with van der Waals surface area (Å²) in [5.41, 5.74) is 7.13. The van der Waals surface area contributed by atoms with Crippen LogP contribution in [0.2, 0.25) is 0 Å². The molecule has 3 rings (SSSR count). The number of nitrogens with zero attached hydrogens (tertiary/aromatic N) is 2. The van der Waals surface area contributed by atoms with E-state index in [4.69, 9.17) is 10.5 Å². The molecule has 5 N–H and O–H groups in total. The fourth-order valence-electron chi connectivity index (χ4n) is 2.94. The number of aromatic nitrogens is 2. The molecular weight excluding hydrogens is 372 g/mol. The van der Waals surface area contributed by atoms with E-state index in [2.05, 4.69) is 21.0 Å². The van der Waals surface area contributed by atoms with E-state index in [1.54, 1.807) is 22.9 Å². The molecule has 0 unspecified atom stereocenters. The predicted molar refractivity (Wildman–Crippen MR) is 112 cm³/mol. The molecule has 0 radical (unpaired) electrons. The maximum Gasteiger partial charge on any atom is 0.324 e. The number of carbonyl (C=O) groups is 2. The summed E-state index contributed by atoms with van der Waals surface area (Å²) >= 11 is 0. The molecule has 1 heterocycles. The van der Waals surface area contributed by atoms with Crippen LogP contribution in [0.1, 0.15) is 16.8 Å². The van der Waals surface area contributed by atoms with E-state index < -0.39 is 6.03 Å². The van der Waals surface area contributed by atoms with Crippen molar-refractivity contribution < 1.29 is 14.3 Å². The highest BCUT2D eigenvalue weighted by Gasteiger charge is 2.15. The smallest absolute Gasteiger partial charge is 0.324 e. The van der Waals surface area contributed by atoms with Gasteiger partial charge in [-0.1, -0.05) is 12.1 Å². The lowest BCUT2D eigenvalue weighted by Crippen LogP contribution is -2.26. The van der Waals surface area contributed by atoms with Gasteiger partial charge in [-0.25, -0.2) is 4.79 Å². The molecule has 0 aliphatic rings. The Kier molecular flexibility index (Phi) is 6.30. The quantitative estimate of drug-likeness (QED) is 0.456. The molecule has 0 aliphatic carbocycles.